The molecule has 0 saturated carbocycles. The van der Waals surface area contributed by atoms with Gasteiger partial charge in [0.2, 0.25) is 0 Å². The second kappa shape index (κ2) is 7.34. The highest BCUT2D eigenvalue weighted by Crippen LogP contribution is 2.45. The van der Waals surface area contributed by atoms with Gasteiger partial charge in [0.25, 0.3) is 17.7 Å². The molecule has 1 fully saturated rings. The molecule has 2 heterocycles. The molecule has 3 aromatic rings. The third-order valence-corrected chi connectivity index (χ3v) is 6.38. The van der Waals surface area contributed by atoms with Gasteiger partial charge in [-0.2, -0.15) is 0 Å². The Bertz CT molecular complexity index is 1250. The maximum Gasteiger partial charge on any atom is 0.262 e. The van der Waals surface area contributed by atoms with Crippen molar-refractivity contribution in [1.29, 1.82) is 0 Å². The van der Waals surface area contributed by atoms with E-state index in [1.54, 1.807) is 36.3 Å². The van der Waals surface area contributed by atoms with Crippen molar-refractivity contribution >= 4 is 23.4 Å². The van der Waals surface area contributed by atoms with Gasteiger partial charge in [-0.15, -0.1) is 0 Å². The smallest absolute Gasteiger partial charge is 0.262 e. The first kappa shape index (κ1) is 20.0. The molecule has 2 aliphatic heterocycles. The number of β-lactam (4-membered cyclic amide) rings is 1. The number of hydrogen-bond acceptors (Lipinski definition) is 4. The topological polar surface area (TPSA) is 66.9 Å². The number of amides is 3. The van der Waals surface area contributed by atoms with Gasteiger partial charge in [0, 0.05) is 5.69 Å². The van der Waals surface area contributed by atoms with E-state index < -0.39 is 23.9 Å². The van der Waals surface area contributed by atoms with Crippen molar-refractivity contribution in [3.05, 3.63) is 94.5 Å². The van der Waals surface area contributed by atoms with Gasteiger partial charge in [0.1, 0.15) is 11.8 Å². The van der Waals surface area contributed by atoms with Gasteiger partial charge in [0.05, 0.1) is 24.3 Å². The van der Waals surface area contributed by atoms with Crippen LogP contribution in [0.3, 0.4) is 0 Å². The minimum absolute atomic E-state index is 0.282. The molecule has 0 N–H and O–H groups in total. The Kier molecular flexibility index (Phi) is 4.59. The highest BCUT2D eigenvalue weighted by Gasteiger charge is 2.57. The lowest BCUT2D eigenvalue weighted by atomic mass is 9.86. The van der Waals surface area contributed by atoms with Crippen molar-refractivity contribution < 1.29 is 19.1 Å². The van der Waals surface area contributed by atoms with Gasteiger partial charge in [-0.1, -0.05) is 30.3 Å². The minimum atomic E-state index is -0.920. The summed E-state index contributed by atoms with van der Waals surface area (Å²) in [7, 11) is 1.58. The molecule has 0 unspecified atom stereocenters. The first-order valence-corrected chi connectivity index (χ1v) is 10.4. The van der Waals surface area contributed by atoms with Crippen LogP contribution in [0.1, 0.15) is 43.4 Å². The van der Waals surface area contributed by atoms with Crippen LogP contribution in [0.15, 0.2) is 66.7 Å². The molecule has 2 aliphatic rings. The molecule has 1 saturated heterocycles. The Labute approximate surface area is 186 Å². The zero-order valence-corrected chi connectivity index (χ0v) is 18.0. The predicted molar refractivity (Wildman–Crippen MR) is 120 cm³/mol. The van der Waals surface area contributed by atoms with Gasteiger partial charge < -0.3 is 9.64 Å². The van der Waals surface area contributed by atoms with E-state index >= 15 is 0 Å². The van der Waals surface area contributed by atoms with Crippen LogP contribution in [-0.4, -0.2) is 35.8 Å². The number of nitrogens with zero attached hydrogens (tertiary/aromatic N) is 2. The number of rotatable bonds is 4. The van der Waals surface area contributed by atoms with Crippen molar-refractivity contribution in [2.24, 2.45) is 0 Å². The average Bonchev–Trinajstić information content (AvgIpc) is 3.05. The summed E-state index contributed by atoms with van der Waals surface area (Å²) in [5, 5.41) is 0. The summed E-state index contributed by atoms with van der Waals surface area (Å²) in [5.41, 5.74) is 4.38. The highest BCUT2D eigenvalue weighted by atomic mass is 16.5. The minimum Gasteiger partial charge on any atom is -0.497 e. The van der Waals surface area contributed by atoms with E-state index in [1.807, 2.05) is 56.3 Å². The van der Waals surface area contributed by atoms with Crippen LogP contribution < -0.4 is 9.64 Å². The van der Waals surface area contributed by atoms with E-state index in [0.29, 0.717) is 16.9 Å². The maximum atomic E-state index is 13.5. The number of ether oxygens (including phenoxy) is 1. The molecular weight excluding hydrogens is 404 g/mol. The van der Waals surface area contributed by atoms with Crippen molar-refractivity contribution in [2.75, 3.05) is 12.0 Å². The van der Waals surface area contributed by atoms with E-state index in [4.69, 9.17) is 4.74 Å². The van der Waals surface area contributed by atoms with Gasteiger partial charge in [-0.3, -0.25) is 19.3 Å². The number of carbonyl (C=O) groups excluding carboxylic acids is 3. The summed E-state index contributed by atoms with van der Waals surface area (Å²) in [6.45, 7) is 4.00. The van der Waals surface area contributed by atoms with E-state index in [-0.39, 0.29) is 5.91 Å². The van der Waals surface area contributed by atoms with E-state index in [9.17, 15) is 14.4 Å². The molecule has 0 spiro atoms. The lowest BCUT2D eigenvalue weighted by Crippen LogP contribution is -2.67. The SMILES string of the molecule is COc1cccc([C@@H]2[C@H](N3C(=O)c4ccccc4C3=O)C(=O)N2c2ccc(C)c(C)c2)c1. The van der Waals surface area contributed by atoms with E-state index in [1.165, 1.54) is 0 Å². The Morgan fingerprint density at radius 2 is 1.41 bits per heavy atom. The fourth-order valence-electron chi connectivity index (χ4n) is 4.51. The van der Waals surface area contributed by atoms with Gasteiger partial charge >= 0.3 is 0 Å². The summed E-state index contributed by atoms with van der Waals surface area (Å²) in [4.78, 5) is 42.5. The molecule has 2 atom stereocenters. The number of anilines is 1. The summed E-state index contributed by atoms with van der Waals surface area (Å²) in [5.74, 6) is -0.508. The predicted octanol–water partition coefficient (Wildman–Crippen LogP) is 4.06. The third kappa shape index (κ3) is 2.83. The Morgan fingerprint density at radius 1 is 0.719 bits per heavy atom. The van der Waals surface area contributed by atoms with Gasteiger partial charge in [0.15, 0.2) is 0 Å². The molecule has 0 bridgehead atoms. The van der Waals surface area contributed by atoms with Crippen LogP contribution in [-0.2, 0) is 4.79 Å². The molecule has 6 heteroatoms. The molecule has 0 radical (unpaired) electrons. The molecule has 32 heavy (non-hydrogen) atoms. The Morgan fingerprint density at radius 3 is 2.03 bits per heavy atom. The van der Waals surface area contributed by atoms with Crippen LogP contribution in [0.4, 0.5) is 5.69 Å². The molecule has 6 nitrogen and oxygen atoms in total. The molecule has 3 aromatic carbocycles. The lowest BCUT2D eigenvalue weighted by Gasteiger charge is -2.50. The summed E-state index contributed by atoms with van der Waals surface area (Å²) >= 11 is 0. The molecule has 0 aliphatic carbocycles. The molecule has 160 valence electrons. The van der Waals surface area contributed by atoms with Gasteiger partial charge in [-0.05, 0) is 66.9 Å². The number of fused-ring (bicyclic) bond motifs is 1. The molecule has 3 amide bonds. The maximum absolute atomic E-state index is 13.5. The van der Waals surface area contributed by atoms with Crippen LogP contribution in [0.2, 0.25) is 0 Å². The number of aryl methyl sites for hydroxylation is 2. The van der Waals surface area contributed by atoms with Gasteiger partial charge in [-0.25, -0.2) is 0 Å². The normalized spacial score (nSPS) is 19.8. The molecule has 5 rings (SSSR count). The fraction of sp³-hybridized carbons (Fsp3) is 0.192. The monoisotopic (exact) mass is 426 g/mol. The number of imide groups is 1. The van der Waals surface area contributed by atoms with Crippen LogP contribution >= 0.6 is 0 Å². The lowest BCUT2D eigenvalue weighted by molar-refractivity contribution is -0.130. The standard InChI is InChI=1S/C26H22N2O4/c1-15-11-12-18(13-16(15)2)27-22(17-7-6-8-19(14-17)32-3)23(26(27)31)28-24(29)20-9-4-5-10-21(20)25(28)30/h4-14,22-23H,1-3H3/t22-,23+/m1/s1. The van der Waals surface area contributed by atoms with Crippen molar-refractivity contribution in [2.45, 2.75) is 25.9 Å². The van der Waals surface area contributed by atoms with Crippen molar-refractivity contribution in [3.8, 4) is 5.75 Å². The zero-order valence-electron chi connectivity index (χ0n) is 18.0. The number of methoxy groups -OCH3 is 1. The average molecular weight is 426 g/mol. The third-order valence-electron chi connectivity index (χ3n) is 6.38. The first-order chi connectivity index (χ1) is 15.4. The molecular formula is C26H22N2O4. The van der Waals surface area contributed by atoms with Crippen LogP contribution in [0.25, 0.3) is 0 Å². The largest absolute Gasteiger partial charge is 0.497 e. The Balaban J connectivity index is 1.61. The number of hydrogen-bond donors (Lipinski definition) is 0. The van der Waals surface area contributed by atoms with Crippen molar-refractivity contribution in [3.63, 3.8) is 0 Å². The van der Waals surface area contributed by atoms with E-state index in [2.05, 4.69) is 0 Å². The second-order valence-corrected chi connectivity index (χ2v) is 8.17. The summed E-state index contributed by atoms with van der Waals surface area (Å²) in [6.07, 6.45) is 0. The van der Waals surface area contributed by atoms with Crippen LogP contribution in [0.5, 0.6) is 5.75 Å². The highest BCUT2D eigenvalue weighted by molar-refractivity contribution is 6.24. The number of benzene rings is 3. The van der Waals surface area contributed by atoms with Crippen LogP contribution in [0, 0.1) is 13.8 Å². The number of carbonyl (C=O) groups is 3. The summed E-state index contributed by atoms with van der Waals surface area (Å²) < 4.78 is 5.38. The van der Waals surface area contributed by atoms with Crippen molar-refractivity contribution in [1.82, 2.24) is 4.90 Å². The zero-order chi connectivity index (χ0) is 22.6. The molecule has 0 aromatic heterocycles. The Hall–Kier alpha value is -3.93. The quantitative estimate of drug-likeness (QED) is 0.466. The fourth-order valence-corrected chi connectivity index (χ4v) is 4.51. The first-order valence-electron chi connectivity index (χ1n) is 10.4. The summed E-state index contributed by atoms with van der Waals surface area (Å²) in [6, 6.07) is 18.5. The van der Waals surface area contributed by atoms with E-state index in [0.717, 1.165) is 27.3 Å². The second-order valence-electron chi connectivity index (χ2n) is 8.17.